The van der Waals surface area contributed by atoms with E-state index in [0.29, 0.717) is 0 Å². The second-order valence-corrected chi connectivity index (χ2v) is 5.11. The number of benzene rings is 1. The third-order valence-corrected chi connectivity index (χ3v) is 3.42. The van der Waals surface area contributed by atoms with Crippen molar-refractivity contribution in [2.45, 2.75) is 0 Å². The summed E-state index contributed by atoms with van der Waals surface area (Å²) in [6, 6.07) is 7.64. The van der Waals surface area contributed by atoms with E-state index < -0.39 is 7.51 Å². The summed E-state index contributed by atoms with van der Waals surface area (Å²) in [7, 11) is -3.97. The van der Waals surface area contributed by atoms with Gasteiger partial charge in [-0.15, -0.1) is 0 Å². The molecule has 0 atom stereocenters. The molecule has 0 spiro atoms. The molecule has 0 aliphatic heterocycles. The molecule has 0 aromatic heterocycles. The topological polar surface area (TPSA) is 69.9 Å². The van der Waals surface area contributed by atoms with Crippen LogP contribution in [0.2, 0.25) is 0 Å². The molecule has 13 heavy (non-hydrogen) atoms. The van der Waals surface area contributed by atoms with Crippen molar-refractivity contribution in [3.05, 3.63) is 30.3 Å². The van der Waals surface area contributed by atoms with E-state index in [-0.39, 0.29) is 24.8 Å². The second kappa shape index (κ2) is 4.10. The zero-order valence-electron chi connectivity index (χ0n) is 6.94. The molecule has 0 unspecified atom stereocenters. The van der Waals surface area contributed by atoms with E-state index in [4.69, 9.17) is 0 Å². The Hall–Kier alpha value is 0.113. The van der Waals surface area contributed by atoms with E-state index >= 15 is 0 Å². The van der Waals surface area contributed by atoms with Gasteiger partial charge in [0.15, 0.2) is 0 Å². The second-order valence-electron chi connectivity index (χ2n) is 2.42. The van der Waals surface area contributed by atoms with Crippen LogP contribution in [0.3, 0.4) is 0 Å². The van der Waals surface area contributed by atoms with Crippen LogP contribution in [0.4, 0.5) is 0 Å². The molecule has 0 aliphatic rings. The molecule has 0 saturated carbocycles. The third kappa shape index (κ3) is 3.06. The minimum Gasteiger partial charge on any atom is 0 e. The van der Waals surface area contributed by atoms with Gasteiger partial charge < -0.3 is 0 Å². The number of hydrogen-bond acceptors (Lipinski definition) is 4. The van der Waals surface area contributed by atoms with Crippen molar-refractivity contribution in [1.82, 2.24) is 0 Å². The van der Waals surface area contributed by atoms with Crippen molar-refractivity contribution < 1.29 is 38.7 Å². The Labute approximate surface area is 89.2 Å². The average Bonchev–Trinajstić information content (AvgIpc) is 2.06. The van der Waals surface area contributed by atoms with Gasteiger partial charge in [0.1, 0.15) is 0 Å². The first kappa shape index (κ1) is 13.1. The average molecular weight is 291 g/mol. The zero-order chi connectivity index (χ0) is 9.27. The fourth-order valence-corrected chi connectivity index (χ4v) is 1.70. The first-order valence-electron chi connectivity index (χ1n) is 3.33. The van der Waals surface area contributed by atoms with Gasteiger partial charge in [-0.3, -0.25) is 0 Å². The van der Waals surface area contributed by atoms with Crippen LogP contribution in [-0.2, 0) is 24.0 Å². The first-order chi connectivity index (χ1) is 5.44. The molecule has 0 amide bonds. The van der Waals surface area contributed by atoms with E-state index in [1.807, 2.05) is 0 Å². The summed E-state index contributed by atoms with van der Waals surface area (Å²) < 4.78 is 4.31. The van der Waals surface area contributed by atoms with Crippen molar-refractivity contribution in [3.63, 3.8) is 0 Å². The quantitative estimate of drug-likeness (QED) is 0.536. The van der Waals surface area contributed by atoms with Gasteiger partial charge in [0.2, 0.25) is 0 Å². The van der Waals surface area contributed by atoms with Crippen molar-refractivity contribution in [3.8, 4) is 0 Å². The van der Waals surface area contributed by atoms with Crippen molar-refractivity contribution in [1.29, 1.82) is 0 Å². The van der Waals surface area contributed by atoms with Crippen molar-refractivity contribution in [2.24, 2.45) is 0 Å². The Morgan fingerprint density at radius 1 is 1.08 bits per heavy atom. The molecular weight excluding hydrogens is 280 g/mol. The van der Waals surface area contributed by atoms with Gasteiger partial charge in [0.05, 0.1) is 0 Å². The molecule has 0 radical (unpaired) electrons. The predicted molar refractivity (Wildman–Crippen MR) is 46.7 cm³/mol. The molecule has 6 heteroatoms. The van der Waals surface area contributed by atoms with Gasteiger partial charge >= 0.3 is 69.5 Å². The Morgan fingerprint density at radius 2 is 1.54 bits per heavy atom. The number of rotatable bonds is 2. The smallest absolute Gasteiger partial charge is 0 e. The maximum absolute atomic E-state index is 9.28. The Morgan fingerprint density at radius 3 is 1.92 bits per heavy atom. The van der Waals surface area contributed by atoms with Crippen LogP contribution in [0.15, 0.2) is 30.3 Å². The van der Waals surface area contributed by atoms with Gasteiger partial charge in [-0.05, 0) is 0 Å². The molecule has 1 aromatic carbocycles. The first-order valence-corrected chi connectivity index (χ1v) is 5.34. The summed E-state index contributed by atoms with van der Waals surface area (Å²) in [6.07, 6.45) is 0. The van der Waals surface area contributed by atoms with Gasteiger partial charge in [-0.2, -0.15) is 0 Å². The van der Waals surface area contributed by atoms with E-state index in [2.05, 4.69) is 4.52 Å². The predicted octanol–water partition coefficient (Wildman–Crippen LogP) is 0.146. The summed E-state index contributed by atoms with van der Waals surface area (Å²) >= 11 is 0. The van der Waals surface area contributed by atoms with Crippen LogP contribution in [0.5, 0.6) is 0 Å². The van der Waals surface area contributed by atoms with E-state index in [1.165, 1.54) is 12.1 Å². The molecule has 76 valence electrons. The fraction of sp³-hybridized carbons (Fsp3) is 0.143. The Kier molecular flexibility index (Phi) is 4.13. The molecule has 1 aromatic rings. The maximum Gasteiger partial charge on any atom is 0 e. The molecule has 4 nitrogen and oxygen atoms in total. The molecule has 3 N–H and O–H groups in total. The molecule has 0 fully saturated rings. The van der Waals surface area contributed by atoms with Crippen LogP contribution in [0.1, 0.15) is 0 Å². The Balaban J connectivity index is 0.00000144. The van der Waals surface area contributed by atoms with Crippen LogP contribution >= 0.6 is 7.51 Å². The monoisotopic (exact) mass is 292 g/mol. The normalized spacial score (nSPS) is 14.0. The summed E-state index contributed by atoms with van der Waals surface area (Å²) in [6.45, 7) is 0. The van der Waals surface area contributed by atoms with Gasteiger partial charge in [-0.1, -0.05) is 0 Å². The SMILES string of the molecule is COP(O)(O)(O)c1ccccc1.[Ru]. The van der Waals surface area contributed by atoms with E-state index in [9.17, 15) is 14.7 Å². The summed E-state index contributed by atoms with van der Waals surface area (Å²) in [5.74, 6) is 0. The van der Waals surface area contributed by atoms with Crippen molar-refractivity contribution in [2.75, 3.05) is 7.11 Å². The van der Waals surface area contributed by atoms with Crippen LogP contribution in [0, 0.1) is 0 Å². The largest absolute Gasteiger partial charge is 0 e. The van der Waals surface area contributed by atoms with Gasteiger partial charge in [-0.25, -0.2) is 0 Å². The van der Waals surface area contributed by atoms with Gasteiger partial charge in [0, 0.05) is 19.5 Å². The molecule has 0 aliphatic carbocycles. The summed E-state index contributed by atoms with van der Waals surface area (Å²) in [5.41, 5.74) is 0. The third-order valence-electron chi connectivity index (χ3n) is 1.54. The Bertz CT molecular complexity index is 269. The van der Waals surface area contributed by atoms with Crippen LogP contribution in [-0.4, -0.2) is 21.8 Å². The molecule has 0 saturated heterocycles. The minimum atomic E-state index is -5.02. The molecule has 0 heterocycles. The summed E-state index contributed by atoms with van der Waals surface area (Å²) in [5, 5.41) is -0.00833. The number of hydrogen-bond donors (Lipinski definition) is 3. The minimum absolute atomic E-state index is 0. The zero-order valence-corrected chi connectivity index (χ0v) is 9.57. The molecular formula is C7H11O4PRu. The standard InChI is InChI=1S/C7H11O4P.Ru/c1-11-12(8,9,10)7-5-3-2-4-6-7;/h2-6,8-10H,1H3;. The fourth-order valence-electron chi connectivity index (χ4n) is 0.794. The van der Waals surface area contributed by atoms with Gasteiger partial charge in [0.25, 0.3) is 0 Å². The van der Waals surface area contributed by atoms with Crippen molar-refractivity contribution >= 4 is 12.8 Å². The summed E-state index contributed by atoms with van der Waals surface area (Å²) in [4.78, 5) is 27.8. The van der Waals surface area contributed by atoms with E-state index in [1.54, 1.807) is 18.2 Å². The molecule has 1 rings (SSSR count). The van der Waals surface area contributed by atoms with Crippen LogP contribution < -0.4 is 5.30 Å². The molecule has 0 bridgehead atoms. The maximum atomic E-state index is 9.28. The van der Waals surface area contributed by atoms with Crippen LogP contribution in [0.25, 0.3) is 0 Å². The van der Waals surface area contributed by atoms with E-state index in [0.717, 1.165) is 7.11 Å².